The molecule has 1 heteroatoms. The van der Waals surface area contributed by atoms with E-state index in [1.165, 1.54) is 44.6 Å². The molecule has 0 radical (unpaired) electrons. The topological polar surface area (TPSA) is 12.4 Å². The highest BCUT2D eigenvalue weighted by molar-refractivity contribution is 6.10. The van der Waals surface area contributed by atoms with Crippen LogP contribution in [0.4, 0.5) is 0 Å². The van der Waals surface area contributed by atoms with Crippen LogP contribution in [0.1, 0.15) is 60.8 Å². The average Bonchev–Trinajstić information content (AvgIpc) is 3.18. The first-order chi connectivity index (χ1) is 19.1. The lowest BCUT2D eigenvalue weighted by molar-refractivity contribution is 0.856. The lowest BCUT2D eigenvalue weighted by atomic mass is 9.80. The second-order valence-corrected chi connectivity index (χ2v) is 10.9. The Bertz CT molecular complexity index is 1570. The summed E-state index contributed by atoms with van der Waals surface area (Å²) in [5.74, 6) is 0.332. The molecular weight excluding hydrogens is 470 g/mol. The summed E-state index contributed by atoms with van der Waals surface area (Å²) in [4.78, 5) is 5.33. The second-order valence-electron chi connectivity index (χ2n) is 10.9. The zero-order valence-corrected chi connectivity index (χ0v) is 22.9. The Hall–Kier alpha value is -4.23. The second kappa shape index (κ2) is 11.3. The Kier molecular flexibility index (Phi) is 7.23. The summed E-state index contributed by atoms with van der Waals surface area (Å²) in [6, 6.07) is 30.6. The van der Waals surface area contributed by atoms with Crippen LogP contribution < -0.4 is 0 Å². The minimum Gasteiger partial charge on any atom is -0.248 e. The maximum absolute atomic E-state index is 5.33. The summed E-state index contributed by atoms with van der Waals surface area (Å²) < 4.78 is 0. The molecule has 0 amide bonds. The van der Waals surface area contributed by atoms with Crippen LogP contribution in [0.15, 0.2) is 154 Å². The highest BCUT2D eigenvalue weighted by atomic mass is 14.8. The predicted octanol–water partition coefficient (Wildman–Crippen LogP) is 9.86. The zero-order chi connectivity index (χ0) is 26.6. The smallest absolute Gasteiger partial charge is 0.0712 e. The van der Waals surface area contributed by atoms with Crippen LogP contribution in [0.3, 0.4) is 0 Å². The summed E-state index contributed by atoms with van der Waals surface area (Å²) in [5.41, 5.74) is 14.0. The Morgan fingerprint density at radius 3 is 2.18 bits per heavy atom. The van der Waals surface area contributed by atoms with E-state index >= 15 is 0 Å². The van der Waals surface area contributed by atoms with Crippen molar-refractivity contribution in [2.45, 2.75) is 45.4 Å². The lowest BCUT2D eigenvalue weighted by Crippen LogP contribution is -2.06. The molecule has 1 heterocycles. The molecule has 1 atom stereocenters. The van der Waals surface area contributed by atoms with Crippen LogP contribution in [-0.2, 0) is 0 Å². The van der Waals surface area contributed by atoms with Gasteiger partial charge in [0.1, 0.15) is 0 Å². The van der Waals surface area contributed by atoms with Crippen molar-refractivity contribution in [2.24, 2.45) is 4.99 Å². The third-order valence-electron chi connectivity index (χ3n) is 7.96. The van der Waals surface area contributed by atoms with Crippen LogP contribution in [0.25, 0.3) is 5.57 Å². The molecule has 192 valence electrons. The monoisotopic (exact) mass is 505 g/mol. The quantitative estimate of drug-likeness (QED) is 0.327. The Morgan fingerprint density at radius 2 is 1.46 bits per heavy atom. The van der Waals surface area contributed by atoms with Gasteiger partial charge in [0.25, 0.3) is 0 Å². The minimum absolute atomic E-state index is 0.332. The Labute approximate surface area is 233 Å². The highest BCUT2D eigenvalue weighted by Gasteiger charge is 2.23. The van der Waals surface area contributed by atoms with Gasteiger partial charge in [-0.1, -0.05) is 121 Å². The van der Waals surface area contributed by atoms with E-state index in [-0.39, 0.29) is 0 Å². The van der Waals surface area contributed by atoms with E-state index < -0.39 is 0 Å². The highest BCUT2D eigenvalue weighted by Crippen LogP contribution is 2.40. The third kappa shape index (κ3) is 5.64. The molecule has 1 unspecified atom stereocenters. The summed E-state index contributed by atoms with van der Waals surface area (Å²) in [5, 5.41) is 0. The van der Waals surface area contributed by atoms with E-state index in [4.69, 9.17) is 4.99 Å². The molecule has 0 spiro atoms. The molecule has 0 bridgehead atoms. The fourth-order valence-electron chi connectivity index (χ4n) is 5.81. The fraction of sp³-hybridized carbons (Fsp3) is 0.184. The molecule has 3 aliphatic rings. The summed E-state index contributed by atoms with van der Waals surface area (Å²) >= 11 is 0. The van der Waals surface area contributed by atoms with Gasteiger partial charge in [-0.2, -0.15) is 0 Å². The van der Waals surface area contributed by atoms with Crippen LogP contribution in [0.5, 0.6) is 0 Å². The van der Waals surface area contributed by atoms with Gasteiger partial charge in [-0.3, -0.25) is 0 Å². The molecule has 6 rings (SSSR count). The van der Waals surface area contributed by atoms with E-state index in [1.807, 2.05) is 0 Å². The SMILES string of the molecule is CC1=C(C2=CC=CCC2)N=C(c2ccccc2)C=C(C2=CC(c3ccccc3)CC(c3ccc(C)cc3)=C2)C1. The van der Waals surface area contributed by atoms with Gasteiger partial charge in [-0.25, -0.2) is 4.99 Å². The normalized spacial score (nSPS) is 19.4. The van der Waals surface area contributed by atoms with Crippen LogP contribution in [0.2, 0.25) is 0 Å². The van der Waals surface area contributed by atoms with Crippen molar-refractivity contribution in [3.63, 3.8) is 0 Å². The standard InChI is InChI=1S/C38H35N/c1-27-18-20-30(21-19-27)35-23-34(29-12-6-3-7-13-29)24-36(25-35)33-22-28(2)38(32-16-10-5-11-17-32)39-37(26-33)31-14-8-4-9-15-31/h3-10,12-16,18-21,24-26,34H,11,17,22-23H2,1-2H3. The number of aliphatic imine (C=N–C) groups is 1. The number of hydrogen-bond acceptors (Lipinski definition) is 1. The average molecular weight is 506 g/mol. The maximum Gasteiger partial charge on any atom is 0.0712 e. The Balaban J connectivity index is 1.48. The maximum atomic E-state index is 5.33. The van der Waals surface area contributed by atoms with E-state index in [0.29, 0.717) is 5.92 Å². The van der Waals surface area contributed by atoms with Gasteiger partial charge in [0.05, 0.1) is 11.4 Å². The van der Waals surface area contributed by atoms with Gasteiger partial charge in [-0.05, 0) is 84.6 Å². The number of allylic oxidation sites excluding steroid dienone is 11. The molecule has 0 fully saturated rings. The van der Waals surface area contributed by atoms with Gasteiger partial charge < -0.3 is 0 Å². The van der Waals surface area contributed by atoms with E-state index in [0.717, 1.165) is 42.7 Å². The first kappa shape index (κ1) is 25.1. The summed E-state index contributed by atoms with van der Waals surface area (Å²) in [7, 11) is 0. The first-order valence-corrected chi connectivity index (χ1v) is 14.1. The number of aryl methyl sites for hydroxylation is 1. The molecule has 3 aromatic carbocycles. The number of hydrogen-bond donors (Lipinski definition) is 0. The van der Waals surface area contributed by atoms with E-state index in [9.17, 15) is 0 Å². The molecule has 3 aromatic rings. The van der Waals surface area contributed by atoms with Gasteiger partial charge >= 0.3 is 0 Å². The number of benzene rings is 3. The Morgan fingerprint density at radius 1 is 0.718 bits per heavy atom. The third-order valence-corrected chi connectivity index (χ3v) is 7.96. The molecular formula is C38H35N. The molecule has 39 heavy (non-hydrogen) atoms. The van der Waals surface area contributed by atoms with E-state index in [2.05, 4.69) is 135 Å². The van der Waals surface area contributed by atoms with E-state index in [1.54, 1.807) is 0 Å². The van der Waals surface area contributed by atoms with Crippen molar-refractivity contribution in [1.82, 2.24) is 0 Å². The number of rotatable bonds is 5. The van der Waals surface area contributed by atoms with Crippen molar-refractivity contribution in [1.29, 1.82) is 0 Å². The van der Waals surface area contributed by atoms with Crippen LogP contribution in [-0.4, -0.2) is 5.71 Å². The molecule has 0 aromatic heterocycles. The molecule has 1 nitrogen and oxygen atoms in total. The molecule has 0 saturated heterocycles. The summed E-state index contributed by atoms with van der Waals surface area (Å²) in [6.45, 7) is 4.42. The zero-order valence-electron chi connectivity index (χ0n) is 22.9. The molecule has 1 aliphatic heterocycles. The summed E-state index contributed by atoms with van der Waals surface area (Å²) in [6.07, 6.45) is 17.9. The van der Waals surface area contributed by atoms with Gasteiger partial charge in [-0.15, -0.1) is 0 Å². The molecule has 0 saturated carbocycles. The van der Waals surface area contributed by atoms with Crippen molar-refractivity contribution >= 4 is 11.3 Å². The lowest BCUT2D eigenvalue weighted by Gasteiger charge is -2.24. The fourth-order valence-corrected chi connectivity index (χ4v) is 5.81. The van der Waals surface area contributed by atoms with Gasteiger partial charge in [0.2, 0.25) is 0 Å². The van der Waals surface area contributed by atoms with Crippen molar-refractivity contribution < 1.29 is 0 Å². The van der Waals surface area contributed by atoms with Crippen molar-refractivity contribution in [3.8, 4) is 0 Å². The molecule has 0 N–H and O–H groups in total. The van der Waals surface area contributed by atoms with Crippen LogP contribution >= 0.6 is 0 Å². The van der Waals surface area contributed by atoms with Gasteiger partial charge in [0, 0.05) is 11.5 Å². The minimum atomic E-state index is 0.332. The predicted molar refractivity (Wildman–Crippen MR) is 166 cm³/mol. The van der Waals surface area contributed by atoms with Crippen LogP contribution in [0, 0.1) is 6.92 Å². The first-order valence-electron chi connectivity index (χ1n) is 14.1. The molecule has 2 aliphatic carbocycles. The van der Waals surface area contributed by atoms with Crippen molar-refractivity contribution in [3.05, 3.63) is 172 Å². The van der Waals surface area contributed by atoms with Crippen molar-refractivity contribution in [2.75, 3.05) is 0 Å². The van der Waals surface area contributed by atoms with Gasteiger partial charge in [0.15, 0.2) is 0 Å². The largest absolute Gasteiger partial charge is 0.248 e. The number of nitrogens with zero attached hydrogens (tertiary/aromatic N) is 1.